The number of halogens is 4. The maximum atomic E-state index is 14.0. The number of hydrogen-bond acceptors (Lipinski definition) is 3. The van der Waals surface area contributed by atoms with Crippen molar-refractivity contribution in [3.8, 4) is 11.5 Å². The van der Waals surface area contributed by atoms with Gasteiger partial charge in [0.05, 0.1) is 25.7 Å². The van der Waals surface area contributed by atoms with E-state index in [-0.39, 0.29) is 24.9 Å². The molecule has 0 fully saturated rings. The van der Waals surface area contributed by atoms with Gasteiger partial charge >= 0.3 is 6.11 Å². The molecule has 0 N–H and O–H groups in total. The molecule has 7 heteroatoms. The molecular weight excluding hydrogens is 352 g/mol. The quantitative estimate of drug-likeness (QED) is 0.413. The van der Waals surface area contributed by atoms with E-state index < -0.39 is 29.9 Å². The number of rotatable bonds is 9. The van der Waals surface area contributed by atoms with E-state index in [9.17, 15) is 17.6 Å². The van der Waals surface area contributed by atoms with Gasteiger partial charge in [-0.1, -0.05) is 19.4 Å². The first-order valence-corrected chi connectivity index (χ1v) is 8.83. The maximum absolute atomic E-state index is 14.0. The standard InChI is InChI=1S/C19H24F4O3/c1-3-5-13-6-7-14(25-12-13)10-11-19(22,23)26-16-9-8-15(24-4-2)17(20)18(16)21/h6,8-9,14H,3-5,7,10-12H2,1-2H3. The largest absolute Gasteiger partial charge is 0.491 e. The van der Waals surface area contributed by atoms with Crippen LogP contribution in [0.1, 0.15) is 46.0 Å². The van der Waals surface area contributed by atoms with Gasteiger partial charge in [0, 0.05) is 0 Å². The van der Waals surface area contributed by atoms with E-state index in [4.69, 9.17) is 9.47 Å². The van der Waals surface area contributed by atoms with Crippen LogP contribution in [0.2, 0.25) is 0 Å². The molecule has 0 saturated heterocycles. The van der Waals surface area contributed by atoms with Gasteiger partial charge in [-0.05, 0) is 43.9 Å². The van der Waals surface area contributed by atoms with Crippen LogP contribution >= 0.6 is 0 Å². The summed E-state index contributed by atoms with van der Waals surface area (Å²) < 4.78 is 70.5. The Balaban J connectivity index is 1.92. The lowest BCUT2D eigenvalue weighted by atomic mass is 10.0. The molecule has 1 atom stereocenters. The van der Waals surface area contributed by atoms with E-state index in [1.54, 1.807) is 6.92 Å². The minimum atomic E-state index is -3.63. The van der Waals surface area contributed by atoms with E-state index in [0.717, 1.165) is 25.0 Å². The zero-order valence-corrected chi connectivity index (χ0v) is 15.0. The molecule has 26 heavy (non-hydrogen) atoms. The van der Waals surface area contributed by atoms with Crippen LogP contribution in [0.25, 0.3) is 0 Å². The summed E-state index contributed by atoms with van der Waals surface area (Å²) in [7, 11) is 0. The zero-order chi connectivity index (χ0) is 19.2. The number of alkyl halides is 2. The molecule has 0 radical (unpaired) electrons. The van der Waals surface area contributed by atoms with Gasteiger partial charge in [0.1, 0.15) is 0 Å². The molecule has 1 aromatic rings. The van der Waals surface area contributed by atoms with Crippen molar-refractivity contribution in [2.75, 3.05) is 13.2 Å². The Hall–Kier alpha value is -1.76. The molecule has 1 aliphatic rings. The van der Waals surface area contributed by atoms with Gasteiger partial charge in [-0.25, -0.2) is 0 Å². The van der Waals surface area contributed by atoms with Crippen LogP contribution in [0, 0.1) is 11.6 Å². The highest BCUT2D eigenvalue weighted by atomic mass is 19.3. The molecule has 0 aliphatic carbocycles. The molecule has 0 saturated carbocycles. The first-order valence-electron chi connectivity index (χ1n) is 8.83. The second-order valence-corrected chi connectivity index (χ2v) is 6.18. The smallest absolute Gasteiger partial charge is 0.398 e. The molecule has 0 spiro atoms. The van der Waals surface area contributed by atoms with Gasteiger partial charge in [-0.15, -0.1) is 0 Å². The average Bonchev–Trinajstić information content (AvgIpc) is 2.61. The molecule has 146 valence electrons. The van der Waals surface area contributed by atoms with Crippen molar-refractivity contribution in [2.45, 2.75) is 58.2 Å². The van der Waals surface area contributed by atoms with Gasteiger partial charge in [0.15, 0.2) is 11.5 Å². The van der Waals surface area contributed by atoms with Crippen LogP contribution in [0.15, 0.2) is 23.8 Å². The summed E-state index contributed by atoms with van der Waals surface area (Å²) in [6.45, 7) is 4.24. The summed E-state index contributed by atoms with van der Waals surface area (Å²) in [6, 6.07) is 2.01. The SMILES string of the molecule is CCCC1=CCC(CCC(F)(F)Oc2ccc(OCC)c(F)c2F)OC1. The second kappa shape index (κ2) is 9.26. The Morgan fingerprint density at radius 3 is 2.46 bits per heavy atom. The summed E-state index contributed by atoms with van der Waals surface area (Å²) in [4.78, 5) is 0. The molecule has 1 heterocycles. The van der Waals surface area contributed by atoms with Gasteiger partial charge in [0.25, 0.3) is 0 Å². The second-order valence-electron chi connectivity index (χ2n) is 6.18. The monoisotopic (exact) mass is 376 g/mol. The molecule has 1 unspecified atom stereocenters. The Morgan fingerprint density at radius 2 is 1.85 bits per heavy atom. The maximum Gasteiger partial charge on any atom is 0.398 e. The lowest BCUT2D eigenvalue weighted by Gasteiger charge is -2.25. The van der Waals surface area contributed by atoms with Crippen molar-refractivity contribution >= 4 is 0 Å². The van der Waals surface area contributed by atoms with Crippen molar-refractivity contribution in [2.24, 2.45) is 0 Å². The lowest BCUT2D eigenvalue weighted by molar-refractivity contribution is -0.187. The third kappa shape index (κ3) is 5.62. The van der Waals surface area contributed by atoms with Crippen molar-refractivity contribution in [3.05, 3.63) is 35.4 Å². The summed E-state index contributed by atoms with van der Waals surface area (Å²) in [5.74, 6) is -4.02. The average molecular weight is 376 g/mol. The predicted molar refractivity (Wildman–Crippen MR) is 89.7 cm³/mol. The molecule has 2 rings (SSSR count). The van der Waals surface area contributed by atoms with Gasteiger partial charge in [-0.3, -0.25) is 0 Å². The lowest BCUT2D eigenvalue weighted by Crippen LogP contribution is -2.28. The van der Waals surface area contributed by atoms with E-state index in [0.29, 0.717) is 13.0 Å². The van der Waals surface area contributed by atoms with Gasteiger partial charge in [-0.2, -0.15) is 17.6 Å². The molecule has 1 aromatic carbocycles. The van der Waals surface area contributed by atoms with Crippen LogP contribution in [0.5, 0.6) is 11.5 Å². The van der Waals surface area contributed by atoms with Gasteiger partial charge < -0.3 is 14.2 Å². The van der Waals surface area contributed by atoms with Gasteiger partial charge in [0.2, 0.25) is 11.6 Å². The van der Waals surface area contributed by atoms with Crippen LogP contribution in [-0.2, 0) is 4.74 Å². The minimum absolute atomic E-state index is 0.0596. The fourth-order valence-electron chi connectivity index (χ4n) is 2.75. The third-order valence-corrected chi connectivity index (χ3v) is 4.07. The van der Waals surface area contributed by atoms with E-state index in [2.05, 4.69) is 11.7 Å². The Kier molecular flexibility index (Phi) is 7.32. The van der Waals surface area contributed by atoms with E-state index in [1.807, 2.05) is 6.08 Å². The fourth-order valence-corrected chi connectivity index (χ4v) is 2.75. The summed E-state index contributed by atoms with van der Waals surface area (Å²) in [6.07, 6.45) is -0.00317. The normalized spacial score (nSPS) is 17.8. The Morgan fingerprint density at radius 1 is 1.15 bits per heavy atom. The predicted octanol–water partition coefficient (Wildman–Crippen LogP) is 5.63. The van der Waals surface area contributed by atoms with Crippen molar-refractivity contribution in [3.63, 3.8) is 0 Å². The van der Waals surface area contributed by atoms with Crippen LogP contribution in [0.3, 0.4) is 0 Å². The minimum Gasteiger partial charge on any atom is -0.491 e. The first kappa shape index (κ1) is 20.6. The van der Waals surface area contributed by atoms with Crippen molar-refractivity contribution < 1.29 is 31.8 Å². The van der Waals surface area contributed by atoms with Crippen LogP contribution < -0.4 is 9.47 Å². The zero-order valence-electron chi connectivity index (χ0n) is 15.0. The number of hydrogen-bond donors (Lipinski definition) is 0. The topological polar surface area (TPSA) is 27.7 Å². The fraction of sp³-hybridized carbons (Fsp3) is 0.579. The highest BCUT2D eigenvalue weighted by Gasteiger charge is 2.34. The van der Waals surface area contributed by atoms with Crippen molar-refractivity contribution in [1.29, 1.82) is 0 Å². The molecule has 3 nitrogen and oxygen atoms in total. The molecule has 0 bridgehead atoms. The highest BCUT2D eigenvalue weighted by molar-refractivity contribution is 5.35. The van der Waals surface area contributed by atoms with Crippen LogP contribution in [0.4, 0.5) is 17.6 Å². The molecular formula is C19H24F4O3. The third-order valence-electron chi connectivity index (χ3n) is 4.07. The highest BCUT2D eigenvalue weighted by Crippen LogP contribution is 2.33. The molecule has 0 aromatic heterocycles. The first-order chi connectivity index (χ1) is 12.4. The van der Waals surface area contributed by atoms with Crippen LogP contribution in [-0.4, -0.2) is 25.4 Å². The summed E-state index contributed by atoms with van der Waals surface area (Å²) in [5, 5.41) is 0. The molecule has 1 aliphatic heterocycles. The summed E-state index contributed by atoms with van der Waals surface area (Å²) in [5.41, 5.74) is 1.18. The number of ether oxygens (including phenoxy) is 3. The Labute approximate surface area is 150 Å². The summed E-state index contributed by atoms with van der Waals surface area (Å²) >= 11 is 0. The number of benzene rings is 1. The van der Waals surface area contributed by atoms with E-state index in [1.165, 1.54) is 5.57 Å². The molecule has 0 amide bonds. The van der Waals surface area contributed by atoms with E-state index >= 15 is 0 Å². The van der Waals surface area contributed by atoms with Crippen molar-refractivity contribution in [1.82, 2.24) is 0 Å². The Bertz CT molecular complexity index is 631.